The number of carbonyl (C=O) groups excluding carboxylic acids is 2. The minimum atomic E-state index is -0.846. The van der Waals surface area contributed by atoms with Gasteiger partial charge in [-0.3, -0.25) is 9.20 Å². The van der Waals surface area contributed by atoms with Crippen LogP contribution in [-0.2, 0) is 18.0 Å². The third-order valence-corrected chi connectivity index (χ3v) is 6.92. The molecule has 1 unspecified atom stereocenters. The highest BCUT2D eigenvalue weighted by atomic mass is 19.1. The average molecular weight is 601 g/mol. The van der Waals surface area contributed by atoms with Gasteiger partial charge >= 0.3 is 6.09 Å². The summed E-state index contributed by atoms with van der Waals surface area (Å²) in [5.41, 5.74) is 2.24. The number of ether oxygens (including phenoxy) is 2. The smallest absolute Gasteiger partial charge is 0.407 e. The number of rotatable bonds is 11. The van der Waals surface area contributed by atoms with E-state index in [1.165, 1.54) is 6.07 Å². The van der Waals surface area contributed by atoms with E-state index < -0.39 is 35.8 Å². The molecule has 0 saturated heterocycles. The lowest BCUT2D eigenvalue weighted by atomic mass is 9.39. The van der Waals surface area contributed by atoms with Crippen LogP contribution < -0.4 is 15.4 Å². The molecule has 0 aliphatic rings. The topological polar surface area (TPSA) is 107 Å². The predicted octanol–water partition coefficient (Wildman–Crippen LogP) is 2.29. The van der Waals surface area contributed by atoms with Crippen LogP contribution >= 0.6 is 0 Å². The van der Waals surface area contributed by atoms with Gasteiger partial charge in [0.25, 0.3) is 11.8 Å². The summed E-state index contributed by atoms with van der Waals surface area (Å²) in [4.78, 5) is 35.3. The molecule has 2 aromatic heterocycles. The van der Waals surface area contributed by atoms with Gasteiger partial charge in [-0.1, -0.05) is 35.9 Å². The molecule has 2 aromatic carbocycles. The van der Waals surface area contributed by atoms with E-state index in [4.69, 9.17) is 9.47 Å². The van der Waals surface area contributed by atoms with Crippen LogP contribution in [0.5, 0.6) is 5.88 Å². The zero-order chi connectivity index (χ0) is 32.2. The van der Waals surface area contributed by atoms with Gasteiger partial charge in [0.1, 0.15) is 30.5 Å². The van der Waals surface area contributed by atoms with E-state index in [-0.39, 0.29) is 41.0 Å². The van der Waals surface area contributed by atoms with Crippen LogP contribution in [0.4, 0.5) is 13.6 Å². The molecule has 9 nitrogen and oxygen atoms in total. The summed E-state index contributed by atoms with van der Waals surface area (Å²) in [5, 5.41) is 5.72. The summed E-state index contributed by atoms with van der Waals surface area (Å²) in [6, 6.07) is 11.3. The number of halogens is 2. The van der Waals surface area contributed by atoms with E-state index in [1.807, 2.05) is 61.7 Å². The molecule has 0 fully saturated rings. The molecule has 2 N–H and O–H groups in total. The number of fused-ring (bicyclic) bond motifs is 1. The fourth-order valence-electron chi connectivity index (χ4n) is 5.34. The van der Waals surface area contributed by atoms with Gasteiger partial charge in [0.15, 0.2) is 0 Å². The fourth-order valence-corrected chi connectivity index (χ4v) is 5.34. The quantitative estimate of drug-likeness (QED) is 0.256. The van der Waals surface area contributed by atoms with Gasteiger partial charge in [-0.05, 0) is 51.8 Å². The maximum atomic E-state index is 14.2. The zero-order valence-electron chi connectivity index (χ0n) is 26.2. The second-order valence-electron chi connectivity index (χ2n) is 12.6. The first kappa shape index (κ1) is 32.6. The normalized spacial score (nSPS) is 12.9. The molecule has 0 radical (unpaired) electrons. The Morgan fingerprint density at radius 1 is 1.00 bits per heavy atom. The van der Waals surface area contributed by atoms with Crippen molar-refractivity contribution in [1.82, 2.24) is 25.0 Å². The monoisotopic (exact) mass is 601 g/mol. The SMILES string of the molecule is BC(B)(B)CC(C)(CNC(=O)c1c(C)nc2c(OCc3c(F)cccc3F)nc(C)cn12)NC(=O)OCc1cccc(C)c1. The Kier molecular flexibility index (Phi) is 9.70. The lowest BCUT2D eigenvalue weighted by Gasteiger charge is -2.36. The number of hydrogen-bond acceptors (Lipinski definition) is 6. The van der Waals surface area contributed by atoms with E-state index >= 15 is 0 Å². The Labute approximate surface area is 258 Å². The number of imidazole rings is 1. The van der Waals surface area contributed by atoms with Crippen molar-refractivity contribution in [3.63, 3.8) is 0 Å². The van der Waals surface area contributed by atoms with Crippen molar-refractivity contribution >= 4 is 41.2 Å². The molecule has 0 saturated carbocycles. The molecule has 0 aliphatic heterocycles. The molecule has 228 valence electrons. The molecule has 4 aromatic rings. The van der Waals surface area contributed by atoms with E-state index in [9.17, 15) is 18.4 Å². The maximum absolute atomic E-state index is 14.2. The first-order valence-electron chi connectivity index (χ1n) is 14.3. The number of nitrogens with zero attached hydrogens (tertiary/aromatic N) is 3. The summed E-state index contributed by atoms with van der Waals surface area (Å²) < 4.78 is 41.1. The Hall–Kier alpha value is -4.35. The number of benzene rings is 2. The van der Waals surface area contributed by atoms with Gasteiger partial charge in [0.05, 0.1) is 46.0 Å². The van der Waals surface area contributed by atoms with Crippen molar-refractivity contribution in [2.45, 2.75) is 58.0 Å². The number of alkyl carbamates (subject to hydrolysis) is 1. The third-order valence-electron chi connectivity index (χ3n) is 6.92. The zero-order valence-corrected chi connectivity index (χ0v) is 26.2. The van der Waals surface area contributed by atoms with Crippen molar-refractivity contribution in [3.05, 3.63) is 94.1 Å². The lowest BCUT2D eigenvalue weighted by molar-refractivity contribution is 0.0921. The van der Waals surface area contributed by atoms with Crippen molar-refractivity contribution in [1.29, 1.82) is 0 Å². The highest BCUT2D eigenvalue weighted by molar-refractivity contribution is 6.58. The molecular weight excluding hydrogens is 565 g/mol. The van der Waals surface area contributed by atoms with E-state index in [0.29, 0.717) is 17.8 Å². The van der Waals surface area contributed by atoms with Crippen LogP contribution in [0.2, 0.25) is 5.11 Å². The maximum Gasteiger partial charge on any atom is 0.407 e. The largest absolute Gasteiger partial charge is 0.470 e. The molecule has 44 heavy (non-hydrogen) atoms. The van der Waals surface area contributed by atoms with Crippen LogP contribution in [0.25, 0.3) is 5.65 Å². The predicted molar refractivity (Wildman–Crippen MR) is 171 cm³/mol. The number of aromatic nitrogens is 3. The first-order chi connectivity index (χ1) is 20.6. The first-order valence-corrected chi connectivity index (χ1v) is 14.3. The van der Waals surface area contributed by atoms with Crippen LogP contribution in [0.3, 0.4) is 0 Å². The minimum absolute atomic E-state index is 0.0328. The molecule has 0 spiro atoms. The molecular formula is C30H36B3F2N5O4. The number of carbonyl (C=O) groups is 2. The van der Waals surface area contributed by atoms with Crippen molar-refractivity contribution in [2.75, 3.05) is 6.54 Å². The highest BCUT2D eigenvalue weighted by Gasteiger charge is 2.33. The molecule has 2 amide bonds. The standard InChI is InChI=1S/C30H36B3F2N5O4/c1-17-7-5-8-20(11-17)13-44-28(42)39-29(4,15-30(31,32)33)16-36-26(41)24-19(3)38-25-27(37-18(2)12-40(24)25)43-14-21-22(34)9-6-10-23(21)35/h5-12H,13-16,31-33H2,1-4H3,(H,36,41)(H,39,42). The highest BCUT2D eigenvalue weighted by Crippen LogP contribution is 2.26. The van der Waals surface area contributed by atoms with Gasteiger partial charge < -0.3 is 20.1 Å². The van der Waals surface area contributed by atoms with Gasteiger partial charge in [-0.15, -0.1) is 5.11 Å². The fraction of sp³-hybridized carbons (Fsp3) is 0.333. The number of aryl methyl sites for hydroxylation is 3. The summed E-state index contributed by atoms with van der Waals surface area (Å²) >= 11 is 0. The number of amides is 2. The second kappa shape index (κ2) is 13.1. The van der Waals surface area contributed by atoms with E-state index in [1.54, 1.807) is 24.4 Å². The Morgan fingerprint density at radius 2 is 1.68 bits per heavy atom. The summed E-state index contributed by atoms with van der Waals surface area (Å²) in [6.07, 6.45) is 1.59. The average Bonchev–Trinajstić information content (AvgIpc) is 3.25. The molecule has 4 rings (SSSR count). The molecule has 0 bridgehead atoms. The Balaban J connectivity index is 1.51. The van der Waals surface area contributed by atoms with E-state index in [2.05, 4.69) is 20.6 Å². The van der Waals surface area contributed by atoms with Gasteiger partial charge in [-0.2, -0.15) is 0 Å². The van der Waals surface area contributed by atoms with Crippen LogP contribution in [0.15, 0.2) is 48.7 Å². The summed E-state index contributed by atoms with van der Waals surface area (Å²) in [5.74, 6) is -1.87. The second-order valence-corrected chi connectivity index (χ2v) is 12.6. The number of nitrogens with one attached hydrogen (secondary N) is 2. The van der Waals surface area contributed by atoms with Crippen LogP contribution in [-0.4, -0.2) is 62.0 Å². The minimum Gasteiger partial charge on any atom is -0.470 e. The molecule has 0 aliphatic carbocycles. The van der Waals surface area contributed by atoms with Crippen LogP contribution in [0.1, 0.15) is 51.9 Å². The van der Waals surface area contributed by atoms with Crippen molar-refractivity contribution in [2.24, 2.45) is 0 Å². The third kappa shape index (κ3) is 8.18. The summed E-state index contributed by atoms with van der Waals surface area (Å²) in [6.45, 7) is 7.02. The van der Waals surface area contributed by atoms with Gasteiger partial charge in [0.2, 0.25) is 5.65 Å². The van der Waals surface area contributed by atoms with Crippen LogP contribution in [0, 0.1) is 32.4 Å². The van der Waals surface area contributed by atoms with Gasteiger partial charge in [0, 0.05) is 12.7 Å². The molecule has 2 heterocycles. The van der Waals surface area contributed by atoms with E-state index in [0.717, 1.165) is 23.3 Å². The number of hydrogen-bond donors (Lipinski definition) is 2. The lowest BCUT2D eigenvalue weighted by Crippen LogP contribution is -2.55. The summed E-state index contributed by atoms with van der Waals surface area (Å²) in [7, 11) is 6.14. The van der Waals surface area contributed by atoms with Crippen molar-refractivity contribution < 1.29 is 27.8 Å². The van der Waals surface area contributed by atoms with Crippen molar-refractivity contribution in [3.8, 4) is 5.88 Å². The Morgan fingerprint density at radius 3 is 2.34 bits per heavy atom. The molecule has 1 atom stereocenters. The molecule has 14 heteroatoms. The van der Waals surface area contributed by atoms with Gasteiger partial charge in [-0.25, -0.2) is 23.5 Å². The Bertz CT molecular complexity index is 1680.